The third kappa shape index (κ3) is 4.76. The van der Waals surface area contributed by atoms with Crippen LogP contribution in [0.5, 0.6) is 0 Å². The van der Waals surface area contributed by atoms with Crippen molar-refractivity contribution < 1.29 is 0 Å². The van der Waals surface area contributed by atoms with Gasteiger partial charge in [-0.3, -0.25) is 0 Å². The predicted molar refractivity (Wildman–Crippen MR) is 238 cm³/mol. The van der Waals surface area contributed by atoms with Crippen molar-refractivity contribution in [2.75, 3.05) is 0 Å². The molecule has 0 spiro atoms. The van der Waals surface area contributed by atoms with E-state index in [1.807, 2.05) is 11.3 Å². The second-order valence-electron chi connectivity index (χ2n) is 14.6. The van der Waals surface area contributed by atoms with Gasteiger partial charge < -0.3 is 4.57 Å². The molecule has 0 N–H and O–H groups in total. The highest BCUT2D eigenvalue weighted by atomic mass is 32.1. The van der Waals surface area contributed by atoms with Crippen molar-refractivity contribution in [1.29, 1.82) is 0 Å². The molecule has 0 saturated heterocycles. The van der Waals surface area contributed by atoms with Crippen LogP contribution in [-0.2, 0) is 0 Å². The summed E-state index contributed by atoms with van der Waals surface area (Å²) in [5, 5.41) is 12.4. The lowest BCUT2D eigenvalue weighted by Gasteiger charge is -2.14. The number of hydrogen-bond donors (Lipinski definition) is 0. The van der Waals surface area contributed by atoms with Crippen molar-refractivity contribution in [3.63, 3.8) is 0 Å². The summed E-state index contributed by atoms with van der Waals surface area (Å²) < 4.78 is 4.87. The molecule has 0 unspecified atom stereocenters. The highest BCUT2D eigenvalue weighted by Gasteiger charge is 2.21. The Balaban J connectivity index is 1.17. The molecule has 0 fully saturated rings. The highest BCUT2D eigenvalue weighted by Crippen LogP contribution is 2.44. The standard InChI is InChI=1S/C52H31N3S/c1-2-14-34(15-3-1)45-31-46(36-23-22-32-12-4-5-16-35(32)28-36)54-52(53-45)44-30-37(29-43-40-18-9-11-21-49(40)56-51(43)44)55-47-20-10-8-19-42(47)50-41-25-24-33-13-6-7-17-38(33)39(41)26-27-48(50)55/h1-31H. The summed E-state index contributed by atoms with van der Waals surface area (Å²) >= 11 is 1.82. The molecule has 0 amide bonds. The van der Waals surface area contributed by atoms with Crippen LogP contribution in [0.1, 0.15) is 0 Å². The number of fused-ring (bicyclic) bond motifs is 11. The Kier molecular flexibility index (Phi) is 6.80. The van der Waals surface area contributed by atoms with Crippen LogP contribution in [0.3, 0.4) is 0 Å². The van der Waals surface area contributed by atoms with Crippen LogP contribution in [0.25, 0.3) is 114 Å². The van der Waals surface area contributed by atoms with Crippen LogP contribution >= 0.6 is 11.3 Å². The molecule has 56 heavy (non-hydrogen) atoms. The summed E-state index contributed by atoms with van der Waals surface area (Å²) in [4.78, 5) is 10.8. The first-order chi connectivity index (χ1) is 27.7. The Morgan fingerprint density at radius 2 is 1.07 bits per heavy atom. The minimum Gasteiger partial charge on any atom is -0.309 e. The van der Waals surface area contributed by atoms with Gasteiger partial charge in [-0.2, -0.15) is 0 Å². The van der Waals surface area contributed by atoms with Crippen LogP contribution in [0.4, 0.5) is 0 Å². The van der Waals surface area contributed by atoms with Crippen molar-refractivity contribution in [3.05, 3.63) is 188 Å². The van der Waals surface area contributed by atoms with Crippen LogP contribution in [0, 0.1) is 0 Å². The maximum absolute atomic E-state index is 5.43. The van der Waals surface area contributed by atoms with Gasteiger partial charge >= 0.3 is 0 Å². The molecule has 0 aliphatic heterocycles. The molecule has 9 aromatic carbocycles. The fourth-order valence-corrected chi connectivity index (χ4v) is 9.96. The van der Waals surface area contributed by atoms with E-state index in [1.54, 1.807) is 0 Å². The van der Waals surface area contributed by atoms with Crippen molar-refractivity contribution in [2.45, 2.75) is 0 Å². The molecule has 0 bridgehead atoms. The van der Waals surface area contributed by atoms with E-state index in [-0.39, 0.29) is 0 Å². The number of hydrogen-bond acceptors (Lipinski definition) is 3. The Hall–Kier alpha value is -7.14. The number of aromatic nitrogens is 3. The summed E-state index contributed by atoms with van der Waals surface area (Å²) in [5.41, 5.74) is 8.38. The maximum Gasteiger partial charge on any atom is 0.161 e. The molecule has 260 valence electrons. The number of nitrogens with zero attached hydrogens (tertiary/aromatic N) is 3. The van der Waals surface area contributed by atoms with Crippen molar-refractivity contribution in [1.82, 2.24) is 14.5 Å². The van der Waals surface area contributed by atoms with E-state index in [0.29, 0.717) is 5.82 Å². The average Bonchev–Trinajstić information content (AvgIpc) is 3.82. The molecule has 12 rings (SSSR count). The molecular formula is C52H31N3S. The topological polar surface area (TPSA) is 30.7 Å². The van der Waals surface area contributed by atoms with Crippen LogP contribution < -0.4 is 0 Å². The molecule has 3 heterocycles. The molecule has 0 aliphatic carbocycles. The Labute approximate surface area is 326 Å². The van der Waals surface area contributed by atoms with Crippen molar-refractivity contribution in [3.8, 4) is 39.6 Å². The Morgan fingerprint density at radius 3 is 1.95 bits per heavy atom. The summed E-state index contributed by atoms with van der Waals surface area (Å²) in [6.07, 6.45) is 0. The minimum atomic E-state index is 0.714. The van der Waals surface area contributed by atoms with Crippen LogP contribution in [-0.4, -0.2) is 14.5 Å². The van der Waals surface area contributed by atoms with E-state index in [9.17, 15) is 0 Å². The van der Waals surface area contributed by atoms with E-state index < -0.39 is 0 Å². The smallest absolute Gasteiger partial charge is 0.161 e. The third-order valence-corrected chi connectivity index (χ3v) is 12.6. The van der Waals surface area contributed by atoms with E-state index in [1.165, 1.54) is 74.3 Å². The molecule has 3 nitrogen and oxygen atoms in total. The lowest BCUT2D eigenvalue weighted by atomic mass is 9.98. The van der Waals surface area contributed by atoms with Crippen molar-refractivity contribution in [2.24, 2.45) is 0 Å². The number of benzene rings is 9. The Bertz CT molecular complexity index is 3540. The normalized spacial score (nSPS) is 11.9. The second kappa shape index (κ2) is 12.2. The van der Waals surface area contributed by atoms with Gasteiger partial charge in [0, 0.05) is 53.3 Å². The molecule has 4 heteroatoms. The van der Waals surface area contributed by atoms with Gasteiger partial charge in [0.1, 0.15) is 0 Å². The van der Waals surface area contributed by atoms with Crippen LogP contribution in [0.2, 0.25) is 0 Å². The van der Waals surface area contributed by atoms with Crippen LogP contribution in [0.15, 0.2) is 188 Å². The third-order valence-electron chi connectivity index (χ3n) is 11.4. The Morgan fingerprint density at radius 1 is 0.393 bits per heavy atom. The molecule has 0 aliphatic rings. The summed E-state index contributed by atoms with van der Waals surface area (Å²) in [6, 6.07) is 67.8. The predicted octanol–water partition coefficient (Wildman–Crippen LogP) is 14.4. The fraction of sp³-hybridized carbons (Fsp3) is 0. The van der Waals surface area contributed by atoms with E-state index in [0.717, 1.165) is 33.8 Å². The van der Waals surface area contributed by atoms with E-state index >= 15 is 0 Å². The zero-order chi connectivity index (χ0) is 36.7. The maximum atomic E-state index is 5.43. The molecule has 0 atom stereocenters. The monoisotopic (exact) mass is 729 g/mol. The lowest BCUT2D eigenvalue weighted by Crippen LogP contribution is -1.99. The second-order valence-corrected chi connectivity index (χ2v) is 15.6. The van der Waals surface area contributed by atoms with E-state index in [4.69, 9.17) is 9.97 Å². The lowest BCUT2D eigenvalue weighted by molar-refractivity contribution is 1.17. The quantitative estimate of drug-likeness (QED) is 0.169. The summed E-state index contributed by atoms with van der Waals surface area (Å²) in [5.74, 6) is 0.714. The van der Waals surface area contributed by atoms with Crippen molar-refractivity contribution >= 4 is 85.6 Å². The van der Waals surface area contributed by atoms with Gasteiger partial charge in [0.15, 0.2) is 5.82 Å². The first-order valence-corrected chi connectivity index (χ1v) is 19.8. The first kappa shape index (κ1) is 31.2. The van der Waals surface area contributed by atoms with Gasteiger partial charge in [-0.15, -0.1) is 11.3 Å². The zero-order valence-electron chi connectivity index (χ0n) is 30.1. The molecule has 3 aromatic heterocycles. The average molecular weight is 730 g/mol. The van der Waals surface area contributed by atoms with Gasteiger partial charge in [-0.1, -0.05) is 146 Å². The zero-order valence-corrected chi connectivity index (χ0v) is 31.0. The van der Waals surface area contributed by atoms with Gasteiger partial charge in [0.25, 0.3) is 0 Å². The summed E-state index contributed by atoms with van der Waals surface area (Å²) in [7, 11) is 0. The summed E-state index contributed by atoms with van der Waals surface area (Å²) in [6.45, 7) is 0. The number of para-hydroxylation sites is 1. The van der Waals surface area contributed by atoms with Gasteiger partial charge in [-0.25, -0.2) is 9.97 Å². The van der Waals surface area contributed by atoms with Gasteiger partial charge in [0.2, 0.25) is 0 Å². The molecular weight excluding hydrogens is 699 g/mol. The first-order valence-electron chi connectivity index (χ1n) is 19.0. The fourth-order valence-electron chi connectivity index (χ4n) is 8.76. The number of thiophene rings is 1. The number of rotatable bonds is 4. The largest absolute Gasteiger partial charge is 0.309 e. The van der Waals surface area contributed by atoms with Gasteiger partial charge in [-0.05, 0) is 74.8 Å². The SMILES string of the molecule is c1ccc(-c2cc(-c3ccc4ccccc4c3)nc(-c3cc(-n4c5ccccc5c5c6ccc7ccccc7c6ccc54)cc4c3sc3ccccc34)n2)cc1. The minimum absolute atomic E-state index is 0.714. The van der Waals surface area contributed by atoms with Gasteiger partial charge in [0.05, 0.1) is 22.4 Å². The van der Waals surface area contributed by atoms with E-state index in [2.05, 4.69) is 193 Å². The highest BCUT2D eigenvalue weighted by molar-refractivity contribution is 7.26. The molecule has 0 saturated carbocycles. The molecule has 12 aromatic rings. The molecule has 0 radical (unpaired) electrons.